The molecule has 3 rings (SSSR count). The van der Waals surface area contributed by atoms with Crippen molar-refractivity contribution in [2.24, 2.45) is 17.9 Å². The van der Waals surface area contributed by atoms with Gasteiger partial charge in [-0.15, -0.1) is 0 Å². The molecule has 2 heteroatoms. The second kappa shape index (κ2) is 12.9. The van der Waals surface area contributed by atoms with Crippen LogP contribution in [0.4, 0.5) is 0 Å². The summed E-state index contributed by atoms with van der Waals surface area (Å²) in [6, 6.07) is 15.5. The Kier molecular flexibility index (Phi) is 12.2. The van der Waals surface area contributed by atoms with Crippen molar-refractivity contribution in [2.75, 3.05) is 20.6 Å². The summed E-state index contributed by atoms with van der Waals surface area (Å²) in [6.07, 6.45) is 1.12. The lowest BCUT2D eigenvalue weighted by atomic mass is 9.88. The minimum atomic E-state index is 0.332. The molecule has 3 aromatic rings. The summed E-state index contributed by atoms with van der Waals surface area (Å²) in [5.74, 6) is 0. The van der Waals surface area contributed by atoms with Crippen molar-refractivity contribution in [2.45, 2.75) is 75.7 Å². The Morgan fingerprint density at radius 2 is 1.23 bits per heavy atom. The van der Waals surface area contributed by atoms with E-state index in [0.29, 0.717) is 10.8 Å². The number of aryl methyl sites for hydroxylation is 1. The second-order valence-electron chi connectivity index (χ2n) is 10.5. The molecule has 2 aromatic carbocycles. The Bertz CT molecular complexity index is 887. The van der Waals surface area contributed by atoms with Gasteiger partial charge in [0.2, 0.25) is 0 Å². The molecule has 0 unspecified atom stereocenters. The van der Waals surface area contributed by atoms with Crippen molar-refractivity contribution < 1.29 is 0 Å². The fraction of sp³-hybridized carbons (Fsp3) is 0.586. The van der Waals surface area contributed by atoms with Crippen LogP contribution in [-0.4, -0.2) is 30.1 Å². The summed E-state index contributed by atoms with van der Waals surface area (Å²) < 4.78 is 2.28. The highest BCUT2D eigenvalue weighted by molar-refractivity contribution is 6.08. The van der Waals surface area contributed by atoms with Gasteiger partial charge in [-0.1, -0.05) is 93.5 Å². The van der Waals surface area contributed by atoms with Gasteiger partial charge in [0, 0.05) is 35.4 Å². The highest BCUT2D eigenvalue weighted by atomic mass is 15.1. The van der Waals surface area contributed by atoms with E-state index in [1.165, 1.54) is 27.4 Å². The minimum absolute atomic E-state index is 0.332. The molecule has 0 fully saturated rings. The van der Waals surface area contributed by atoms with Crippen molar-refractivity contribution in [3.05, 3.63) is 48.0 Å². The summed E-state index contributed by atoms with van der Waals surface area (Å²) in [4.78, 5) is 2.21. The largest absolute Gasteiger partial charge is 0.344 e. The van der Waals surface area contributed by atoms with Crippen molar-refractivity contribution >= 4 is 21.8 Å². The predicted octanol–water partition coefficient (Wildman–Crippen LogP) is 8.57. The average Bonchev–Trinajstić information content (AvgIpc) is 2.95. The van der Waals surface area contributed by atoms with E-state index in [2.05, 4.69) is 115 Å². The number of para-hydroxylation sites is 1. The number of hydrogen-bond acceptors (Lipinski definition) is 1. The van der Waals surface area contributed by atoms with Gasteiger partial charge in [-0.3, -0.25) is 0 Å². The second-order valence-corrected chi connectivity index (χ2v) is 10.5. The van der Waals surface area contributed by atoms with Crippen molar-refractivity contribution in [1.29, 1.82) is 0 Å². The molecule has 0 aliphatic heterocycles. The van der Waals surface area contributed by atoms with Gasteiger partial charge in [-0.05, 0) is 55.1 Å². The molecule has 176 valence electrons. The topological polar surface area (TPSA) is 8.17 Å². The molecule has 0 bridgehead atoms. The van der Waals surface area contributed by atoms with Gasteiger partial charge in [0.25, 0.3) is 0 Å². The average molecular weight is 427 g/mol. The summed E-state index contributed by atoms with van der Waals surface area (Å²) in [7, 11) is 6.35. The van der Waals surface area contributed by atoms with Crippen molar-refractivity contribution in [3.63, 3.8) is 0 Å². The van der Waals surface area contributed by atoms with E-state index >= 15 is 0 Å². The Labute approximate surface area is 193 Å². The third kappa shape index (κ3) is 9.91. The van der Waals surface area contributed by atoms with E-state index in [1.807, 2.05) is 27.7 Å². The van der Waals surface area contributed by atoms with Gasteiger partial charge < -0.3 is 9.47 Å². The number of nitrogens with zero attached hydrogens (tertiary/aromatic N) is 2. The molecular formula is C29H50N2. The Hall–Kier alpha value is -1.80. The van der Waals surface area contributed by atoms with Crippen LogP contribution < -0.4 is 0 Å². The molecule has 0 amide bonds. The smallest absolute Gasteiger partial charge is 0.0488 e. The van der Waals surface area contributed by atoms with E-state index in [9.17, 15) is 0 Å². The van der Waals surface area contributed by atoms with Gasteiger partial charge in [-0.2, -0.15) is 0 Å². The summed E-state index contributed by atoms with van der Waals surface area (Å²) in [5, 5.41) is 2.73. The lowest BCUT2D eigenvalue weighted by molar-refractivity contribution is 0.263. The molecule has 0 atom stereocenters. The fourth-order valence-electron chi connectivity index (χ4n) is 3.89. The van der Waals surface area contributed by atoms with Crippen LogP contribution in [-0.2, 0) is 13.5 Å². The Balaban J connectivity index is 0.000000637. The van der Waals surface area contributed by atoms with Crippen LogP contribution in [0.5, 0.6) is 0 Å². The van der Waals surface area contributed by atoms with Crippen LogP contribution >= 0.6 is 0 Å². The van der Waals surface area contributed by atoms with Crippen LogP contribution in [0, 0.1) is 10.8 Å². The Morgan fingerprint density at radius 1 is 0.710 bits per heavy atom. The number of rotatable bonds is 2. The number of aromatic nitrogens is 1. The molecule has 1 aromatic heterocycles. The first-order valence-electron chi connectivity index (χ1n) is 12.0. The highest BCUT2D eigenvalue weighted by Gasteiger charge is 2.13. The molecule has 2 nitrogen and oxygen atoms in total. The number of hydrogen-bond donors (Lipinski definition) is 0. The summed E-state index contributed by atoms with van der Waals surface area (Å²) >= 11 is 0. The zero-order valence-electron chi connectivity index (χ0n) is 22.9. The zero-order valence-corrected chi connectivity index (χ0v) is 22.9. The quantitative estimate of drug-likeness (QED) is 0.398. The number of fused-ring (bicyclic) bond motifs is 3. The molecule has 31 heavy (non-hydrogen) atoms. The van der Waals surface area contributed by atoms with E-state index in [4.69, 9.17) is 0 Å². The fourth-order valence-corrected chi connectivity index (χ4v) is 3.89. The van der Waals surface area contributed by atoms with E-state index in [0.717, 1.165) is 13.0 Å². The lowest BCUT2D eigenvalue weighted by Crippen LogP contribution is -2.25. The van der Waals surface area contributed by atoms with Crippen LogP contribution in [0.1, 0.15) is 74.8 Å². The number of benzene rings is 2. The van der Waals surface area contributed by atoms with Crippen LogP contribution in [0.15, 0.2) is 42.5 Å². The molecule has 1 heterocycles. The third-order valence-electron chi connectivity index (χ3n) is 4.50. The van der Waals surface area contributed by atoms with E-state index in [-0.39, 0.29) is 0 Å². The maximum Gasteiger partial charge on any atom is 0.0488 e. The lowest BCUT2D eigenvalue weighted by Gasteiger charge is -2.22. The standard InChI is InChI=1S/C18H21N.C7H17N.2C2H6/c1-18(2,3)12-13-9-10-17-15(11-13)14-7-5-6-8-16(14)19(17)4;1-7(2,3)6-8(4)5;2*1-2/h5-11H,12H2,1-4H3;6H2,1-5H3;2*1-2H3. The molecular weight excluding hydrogens is 376 g/mol. The zero-order chi connectivity index (χ0) is 24.4. The van der Waals surface area contributed by atoms with Crippen LogP contribution in [0.2, 0.25) is 0 Å². The highest BCUT2D eigenvalue weighted by Crippen LogP contribution is 2.30. The van der Waals surface area contributed by atoms with Gasteiger partial charge >= 0.3 is 0 Å². The third-order valence-corrected chi connectivity index (χ3v) is 4.50. The molecule has 0 spiro atoms. The maximum atomic E-state index is 2.36. The van der Waals surface area contributed by atoms with Crippen LogP contribution in [0.25, 0.3) is 21.8 Å². The molecule has 0 radical (unpaired) electrons. The Morgan fingerprint density at radius 3 is 1.68 bits per heavy atom. The monoisotopic (exact) mass is 426 g/mol. The summed E-state index contributed by atoms with van der Waals surface area (Å²) in [5.41, 5.74) is 4.84. The molecule has 0 aliphatic carbocycles. The minimum Gasteiger partial charge on any atom is -0.344 e. The van der Waals surface area contributed by atoms with Gasteiger partial charge in [0.05, 0.1) is 0 Å². The molecule has 0 aliphatic rings. The first-order valence-corrected chi connectivity index (χ1v) is 12.0. The maximum absolute atomic E-state index is 2.36. The van der Waals surface area contributed by atoms with Crippen molar-refractivity contribution in [1.82, 2.24) is 9.47 Å². The van der Waals surface area contributed by atoms with Crippen LogP contribution in [0.3, 0.4) is 0 Å². The van der Waals surface area contributed by atoms with Crippen molar-refractivity contribution in [3.8, 4) is 0 Å². The van der Waals surface area contributed by atoms with Gasteiger partial charge in [0.1, 0.15) is 0 Å². The van der Waals surface area contributed by atoms with E-state index in [1.54, 1.807) is 0 Å². The first-order chi connectivity index (χ1) is 14.4. The predicted molar refractivity (Wildman–Crippen MR) is 144 cm³/mol. The van der Waals surface area contributed by atoms with Gasteiger partial charge in [-0.25, -0.2) is 0 Å². The molecule has 0 saturated heterocycles. The normalized spacial score (nSPS) is 11.3. The SMILES string of the molecule is CC.CC.CN(C)CC(C)(C)C.Cn1c2ccccc2c2cc(CC(C)(C)C)ccc21. The summed E-state index contributed by atoms with van der Waals surface area (Å²) in [6.45, 7) is 22.8. The molecule has 0 saturated carbocycles. The van der Waals surface area contributed by atoms with E-state index < -0.39 is 0 Å². The van der Waals surface area contributed by atoms with Gasteiger partial charge in [0.15, 0.2) is 0 Å². The molecule has 0 N–H and O–H groups in total. The first kappa shape index (κ1) is 29.2.